The second-order valence-corrected chi connectivity index (χ2v) is 11.7. The normalized spacial score (nSPS) is 13.9. The first-order valence-corrected chi connectivity index (χ1v) is 15.2. The van der Waals surface area contributed by atoms with E-state index < -0.39 is 47.6 Å². The lowest BCUT2D eigenvalue weighted by molar-refractivity contribution is -0.907. The minimum Gasteiger partial charge on any atom is -0.343 e. The van der Waals surface area contributed by atoms with Crippen LogP contribution in [0.5, 0.6) is 0 Å². The van der Waals surface area contributed by atoms with Crippen molar-refractivity contribution < 1.29 is 32.0 Å². The molecule has 0 spiro atoms. The van der Waals surface area contributed by atoms with Crippen LogP contribution in [0.2, 0.25) is 0 Å². The van der Waals surface area contributed by atoms with Crippen LogP contribution in [0.15, 0.2) is 60.8 Å². The quantitative estimate of drug-likeness (QED) is 0.129. The molecule has 250 valence electrons. The van der Waals surface area contributed by atoms with Crippen molar-refractivity contribution >= 4 is 34.3 Å². The van der Waals surface area contributed by atoms with Gasteiger partial charge in [0, 0.05) is 24.9 Å². The van der Waals surface area contributed by atoms with Crippen LogP contribution >= 0.6 is 0 Å². The number of rotatable bonds is 16. The number of nitrogens with one attached hydrogen (secondary N) is 3. The van der Waals surface area contributed by atoms with Gasteiger partial charge in [-0.25, -0.2) is 0 Å². The number of carbonyl (C=O) groups is 3. The van der Waals surface area contributed by atoms with E-state index in [4.69, 9.17) is 17.2 Å². The summed E-state index contributed by atoms with van der Waals surface area (Å²) in [5, 5.41) is 8.72. The highest BCUT2D eigenvalue weighted by Gasteiger charge is 2.31. The number of hydrogen-bond acceptors (Lipinski definition) is 7. The van der Waals surface area contributed by atoms with E-state index in [1.54, 1.807) is 6.07 Å². The predicted octanol–water partition coefficient (Wildman–Crippen LogP) is 1.90. The SMILES string of the molecule is C[C@@H](NC(=O)[C@@H](N)CCC[N+](C)(CCN)CCN)C(=O)N[C@@H](Cc1ccc(C(F)(F)F)cc1)C(=O)Nc1cnc2ccccc2c1. The van der Waals surface area contributed by atoms with Crippen molar-refractivity contribution in [2.75, 3.05) is 45.1 Å². The van der Waals surface area contributed by atoms with E-state index >= 15 is 0 Å². The molecule has 1 aromatic heterocycles. The van der Waals surface area contributed by atoms with Crippen LogP contribution in [0, 0.1) is 0 Å². The predicted molar refractivity (Wildman–Crippen MR) is 171 cm³/mol. The van der Waals surface area contributed by atoms with Crippen molar-refractivity contribution in [3.8, 4) is 0 Å². The second-order valence-electron chi connectivity index (χ2n) is 11.7. The van der Waals surface area contributed by atoms with Crippen LogP contribution in [-0.4, -0.2) is 85.1 Å². The van der Waals surface area contributed by atoms with Gasteiger partial charge in [0.1, 0.15) is 12.1 Å². The lowest BCUT2D eigenvalue weighted by Gasteiger charge is -2.34. The average Bonchev–Trinajstić information content (AvgIpc) is 3.00. The number of quaternary nitrogens is 1. The zero-order chi connectivity index (χ0) is 33.9. The van der Waals surface area contributed by atoms with Gasteiger partial charge in [0.2, 0.25) is 17.7 Å². The molecule has 0 saturated carbocycles. The van der Waals surface area contributed by atoms with Gasteiger partial charge in [-0.1, -0.05) is 30.3 Å². The molecular formula is C32H44F3N8O3+. The van der Waals surface area contributed by atoms with Crippen molar-refractivity contribution in [2.45, 2.75) is 50.5 Å². The van der Waals surface area contributed by atoms with E-state index in [-0.39, 0.29) is 6.42 Å². The zero-order valence-electron chi connectivity index (χ0n) is 26.1. The molecule has 0 bridgehead atoms. The van der Waals surface area contributed by atoms with E-state index in [0.717, 1.165) is 42.7 Å². The lowest BCUT2D eigenvalue weighted by Crippen LogP contribution is -2.54. The second kappa shape index (κ2) is 16.5. The number of aromatic nitrogens is 1. The van der Waals surface area contributed by atoms with Gasteiger partial charge in [0.15, 0.2) is 0 Å². The summed E-state index contributed by atoms with van der Waals surface area (Å²) < 4.78 is 39.9. The molecule has 3 aromatic rings. The largest absolute Gasteiger partial charge is 0.416 e. The number of likely N-dealkylation sites (N-methyl/N-ethyl adjacent to an activating group) is 1. The number of amides is 3. The third-order valence-corrected chi connectivity index (χ3v) is 7.85. The highest BCUT2D eigenvalue weighted by molar-refractivity contribution is 5.99. The van der Waals surface area contributed by atoms with Crippen molar-refractivity contribution in [2.24, 2.45) is 17.2 Å². The van der Waals surface area contributed by atoms with Crippen LogP contribution < -0.4 is 33.2 Å². The number of fused-ring (bicyclic) bond motifs is 1. The summed E-state index contributed by atoms with van der Waals surface area (Å²) in [6, 6.07) is 10.2. The van der Waals surface area contributed by atoms with Gasteiger partial charge in [0.25, 0.3) is 0 Å². The average molecular weight is 646 g/mol. The van der Waals surface area contributed by atoms with E-state index in [0.29, 0.717) is 41.7 Å². The Kier molecular flexibility index (Phi) is 13.0. The van der Waals surface area contributed by atoms with Gasteiger partial charge >= 0.3 is 6.18 Å². The first-order valence-electron chi connectivity index (χ1n) is 15.2. The number of carbonyl (C=O) groups excluding carboxylic acids is 3. The molecule has 3 rings (SSSR count). The molecule has 0 radical (unpaired) electrons. The number of anilines is 1. The Morgan fingerprint density at radius 2 is 1.57 bits per heavy atom. The van der Waals surface area contributed by atoms with Crippen molar-refractivity contribution in [1.29, 1.82) is 0 Å². The summed E-state index contributed by atoms with van der Waals surface area (Å²) in [5.41, 5.74) is 18.2. The molecule has 0 fully saturated rings. The van der Waals surface area contributed by atoms with Crippen molar-refractivity contribution in [1.82, 2.24) is 15.6 Å². The van der Waals surface area contributed by atoms with Crippen molar-refractivity contribution in [3.63, 3.8) is 0 Å². The van der Waals surface area contributed by atoms with Gasteiger partial charge in [0.05, 0.1) is 55.7 Å². The number of para-hydroxylation sites is 1. The number of pyridine rings is 1. The minimum atomic E-state index is -4.52. The third-order valence-electron chi connectivity index (χ3n) is 7.85. The molecule has 9 N–H and O–H groups in total. The van der Waals surface area contributed by atoms with Gasteiger partial charge in [-0.05, 0) is 49.6 Å². The molecule has 0 unspecified atom stereocenters. The van der Waals surface area contributed by atoms with Crippen LogP contribution in [0.1, 0.15) is 30.9 Å². The Balaban J connectivity index is 1.67. The van der Waals surface area contributed by atoms with Crippen LogP contribution in [0.3, 0.4) is 0 Å². The lowest BCUT2D eigenvalue weighted by atomic mass is 10.0. The van der Waals surface area contributed by atoms with E-state index in [9.17, 15) is 27.6 Å². The summed E-state index contributed by atoms with van der Waals surface area (Å²) in [4.78, 5) is 43.7. The molecule has 3 atom stereocenters. The molecule has 1 heterocycles. The fraction of sp³-hybridized carbons (Fsp3) is 0.438. The highest BCUT2D eigenvalue weighted by Crippen LogP contribution is 2.29. The van der Waals surface area contributed by atoms with Crippen molar-refractivity contribution in [3.05, 3.63) is 71.9 Å². The smallest absolute Gasteiger partial charge is 0.343 e. The molecule has 0 aliphatic carbocycles. The molecule has 0 aliphatic rings. The monoisotopic (exact) mass is 645 g/mol. The Labute approximate surface area is 266 Å². The summed E-state index contributed by atoms with van der Waals surface area (Å²) >= 11 is 0. The molecule has 0 saturated heterocycles. The Morgan fingerprint density at radius 3 is 2.20 bits per heavy atom. The molecular weight excluding hydrogens is 601 g/mol. The first kappa shape index (κ1) is 36.4. The summed E-state index contributed by atoms with van der Waals surface area (Å²) in [7, 11) is 2.05. The highest BCUT2D eigenvalue weighted by atomic mass is 19.4. The molecule has 11 nitrogen and oxygen atoms in total. The maximum Gasteiger partial charge on any atom is 0.416 e. The Hall–Kier alpha value is -4.11. The number of hydrogen-bond donors (Lipinski definition) is 6. The van der Waals surface area contributed by atoms with Gasteiger partial charge in [-0.15, -0.1) is 0 Å². The molecule has 3 amide bonds. The third kappa shape index (κ3) is 10.8. The summed E-state index contributed by atoms with van der Waals surface area (Å²) in [5.74, 6) is -1.81. The number of benzene rings is 2. The van der Waals surface area contributed by atoms with Gasteiger partial charge in [-0.2, -0.15) is 13.2 Å². The molecule has 46 heavy (non-hydrogen) atoms. The van der Waals surface area contributed by atoms with Crippen LogP contribution in [0.25, 0.3) is 10.9 Å². The fourth-order valence-electron chi connectivity index (χ4n) is 5.11. The van der Waals surface area contributed by atoms with E-state index in [1.165, 1.54) is 25.3 Å². The molecule has 14 heteroatoms. The van der Waals surface area contributed by atoms with E-state index in [2.05, 4.69) is 20.9 Å². The Morgan fingerprint density at radius 1 is 0.913 bits per heavy atom. The minimum absolute atomic E-state index is 0.112. The fourth-order valence-corrected chi connectivity index (χ4v) is 5.11. The van der Waals surface area contributed by atoms with Crippen LogP contribution in [-0.2, 0) is 27.0 Å². The van der Waals surface area contributed by atoms with E-state index in [1.807, 2.05) is 31.3 Å². The first-order chi connectivity index (χ1) is 21.7. The maximum atomic E-state index is 13.4. The standard InChI is InChI=1S/C32H43F3N8O3/c1-21(40-30(45)26(38)7-5-15-43(2,16-13-36)17-14-37)29(44)42-28(18-22-9-11-24(12-10-22)32(33,34)35)31(46)41-25-19-23-6-3-4-8-27(23)39-20-25/h3-4,6,8-12,19-21,26,28H,5,7,13-18,36-38H2,1-2H3,(H2-,40,41,42,44,45,46)/p+1/t21-,26+,28+/m1/s1. The summed E-state index contributed by atoms with van der Waals surface area (Å²) in [6.07, 6.45) is -2.14. The molecule has 2 aromatic carbocycles. The number of alkyl halides is 3. The summed E-state index contributed by atoms with van der Waals surface area (Å²) in [6.45, 7) is 4.69. The number of nitrogens with zero attached hydrogens (tertiary/aromatic N) is 2. The number of halogens is 3. The van der Waals surface area contributed by atoms with Gasteiger partial charge < -0.3 is 37.6 Å². The van der Waals surface area contributed by atoms with Gasteiger partial charge in [-0.3, -0.25) is 19.4 Å². The topological polar surface area (TPSA) is 178 Å². The Bertz CT molecular complexity index is 1460. The zero-order valence-corrected chi connectivity index (χ0v) is 26.1. The van der Waals surface area contributed by atoms with Crippen LogP contribution in [0.4, 0.5) is 18.9 Å². The molecule has 0 aliphatic heterocycles. The number of nitrogens with two attached hydrogens (primary N) is 3. The maximum absolute atomic E-state index is 13.4.